The molecule has 0 radical (unpaired) electrons. The summed E-state index contributed by atoms with van der Waals surface area (Å²) in [5, 5.41) is 3.36. The molecule has 0 aromatic heterocycles. The third kappa shape index (κ3) is 1.29. The number of nitrogens with zero attached hydrogens (tertiary/aromatic N) is 1. The first-order valence-electron chi connectivity index (χ1n) is 4.02. The quantitative estimate of drug-likeness (QED) is 0.731. The molecular formula is C9H11BrN2. The van der Waals surface area contributed by atoms with Gasteiger partial charge in [-0.3, -0.25) is 0 Å². The van der Waals surface area contributed by atoms with Crippen LogP contribution in [0.3, 0.4) is 0 Å². The van der Waals surface area contributed by atoms with Crippen LogP contribution in [-0.4, -0.2) is 20.1 Å². The maximum atomic E-state index is 3.46. The highest BCUT2D eigenvalue weighted by Crippen LogP contribution is 2.30. The van der Waals surface area contributed by atoms with Crippen molar-refractivity contribution in [2.24, 2.45) is 0 Å². The topological polar surface area (TPSA) is 15.3 Å². The van der Waals surface area contributed by atoms with E-state index in [1.165, 1.54) is 11.4 Å². The van der Waals surface area contributed by atoms with Gasteiger partial charge in [0.2, 0.25) is 0 Å². The van der Waals surface area contributed by atoms with Crippen molar-refractivity contribution in [2.45, 2.75) is 0 Å². The molecule has 0 fully saturated rings. The van der Waals surface area contributed by atoms with Gasteiger partial charge in [-0.25, -0.2) is 0 Å². The van der Waals surface area contributed by atoms with E-state index in [9.17, 15) is 0 Å². The zero-order valence-corrected chi connectivity index (χ0v) is 8.56. The van der Waals surface area contributed by atoms with Gasteiger partial charge in [-0.05, 0) is 18.2 Å². The number of rotatable bonds is 0. The van der Waals surface area contributed by atoms with E-state index in [1.54, 1.807) is 0 Å². The van der Waals surface area contributed by atoms with E-state index in [4.69, 9.17) is 0 Å². The standard InChI is InChI=1S/C9H11BrN2/c1-12-5-4-11-8-3-2-7(10)6-9(8)12/h2-3,6,11H,4-5H2,1H3. The van der Waals surface area contributed by atoms with E-state index in [0.29, 0.717) is 0 Å². The molecule has 0 saturated heterocycles. The molecule has 2 rings (SSSR count). The molecule has 0 saturated carbocycles. The summed E-state index contributed by atoms with van der Waals surface area (Å²) in [6, 6.07) is 6.31. The Morgan fingerprint density at radius 2 is 2.33 bits per heavy atom. The van der Waals surface area contributed by atoms with Crippen LogP contribution in [0.1, 0.15) is 0 Å². The molecule has 1 aliphatic rings. The molecule has 1 heterocycles. The second kappa shape index (κ2) is 2.98. The van der Waals surface area contributed by atoms with Crippen LogP contribution in [0.15, 0.2) is 22.7 Å². The second-order valence-corrected chi connectivity index (χ2v) is 3.93. The molecule has 1 aromatic rings. The lowest BCUT2D eigenvalue weighted by atomic mass is 10.2. The molecule has 0 spiro atoms. The smallest absolute Gasteiger partial charge is 0.0611 e. The molecule has 0 unspecified atom stereocenters. The van der Waals surface area contributed by atoms with Crippen molar-refractivity contribution < 1.29 is 0 Å². The predicted molar refractivity (Wildman–Crippen MR) is 55.9 cm³/mol. The first-order valence-corrected chi connectivity index (χ1v) is 4.81. The van der Waals surface area contributed by atoms with Crippen LogP contribution in [0.5, 0.6) is 0 Å². The lowest BCUT2D eigenvalue weighted by Crippen LogP contribution is -2.30. The number of benzene rings is 1. The number of halogens is 1. The van der Waals surface area contributed by atoms with Crippen molar-refractivity contribution in [1.82, 2.24) is 0 Å². The number of nitrogens with one attached hydrogen (secondary N) is 1. The van der Waals surface area contributed by atoms with Crippen molar-refractivity contribution in [1.29, 1.82) is 0 Å². The summed E-state index contributed by atoms with van der Waals surface area (Å²) < 4.78 is 1.14. The number of fused-ring (bicyclic) bond motifs is 1. The maximum absolute atomic E-state index is 3.46. The minimum Gasteiger partial charge on any atom is -0.382 e. The van der Waals surface area contributed by atoms with Gasteiger partial charge in [0.25, 0.3) is 0 Å². The van der Waals surface area contributed by atoms with Gasteiger partial charge in [-0.1, -0.05) is 15.9 Å². The Morgan fingerprint density at radius 3 is 3.17 bits per heavy atom. The van der Waals surface area contributed by atoms with Gasteiger partial charge in [-0.15, -0.1) is 0 Å². The van der Waals surface area contributed by atoms with E-state index in [0.717, 1.165) is 17.6 Å². The highest BCUT2D eigenvalue weighted by molar-refractivity contribution is 9.10. The minimum absolute atomic E-state index is 1.03. The molecule has 0 aliphatic carbocycles. The van der Waals surface area contributed by atoms with Gasteiger partial charge < -0.3 is 10.2 Å². The van der Waals surface area contributed by atoms with Crippen LogP contribution in [0.2, 0.25) is 0 Å². The predicted octanol–water partition coefficient (Wildman–Crippen LogP) is 2.31. The van der Waals surface area contributed by atoms with Crippen LogP contribution in [0, 0.1) is 0 Å². The van der Waals surface area contributed by atoms with E-state index < -0.39 is 0 Å². The van der Waals surface area contributed by atoms with Crippen molar-refractivity contribution >= 4 is 27.3 Å². The van der Waals surface area contributed by atoms with Crippen molar-refractivity contribution in [2.75, 3.05) is 30.4 Å². The first kappa shape index (κ1) is 7.92. The lowest BCUT2D eigenvalue weighted by Gasteiger charge is -2.28. The van der Waals surface area contributed by atoms with Gasteiger partial charge in [0.05, 0.1) is 11.4 Å². The molecule has 0 atom stereocenters. The fourth-order valence-corrected chi connectivity index (χ4v) is 1.80. The normalized spacial score (nSPS) is 15.3. The van der Waals surface area contributed by atoms with Gasteiger partial charge in [0, 0.05) is 24.6 Å². The largest absolute Gasteiger partial charge is 0.382 e. The van der Waals surface area contributed by atoms with Crippen molar-refractivity contribution in [3.05, 3.63) is 22.7 Å². The van der Waals surface area contributed by atoms with Crippen LogP contribution >= 0.6 is 15.9 Å². The zero-order chi connectivity index (χ0) is 8.55. The average Bonchev–Trinajstić information content (AvgIpc) is 2.07. The Hall–Kier alpha value is -0.700. The summed E-state index contributed by atoms with van der Waals surface area (Å²) in [4.78, 5) is 2.26. The van der Waals surface area contributed by atoms with Crippen molar-refractivity contribution in [3.8, 4) is 0 Å². The molecule has 1 aromatic carbocycles. The molecule has 0 bridgehead atoms. The molecule has 3 heteroatoms. The Bertz CT molecular complexity index is 299. The van der Waals surface area contributed by atoms with Crippen molar-refractivity contribution in [3.63, 3.8) is 0 Å². The van der Waals surface area contributed by atoms with Gasteiger partial charge in [-0.2, -0.15) is 0 Å². The van der Waals surface area contributed by atoms with Gasteiger partial charge >= 0.3 is 0 Å². The molecular weight excluding hydrogens is 216 g/mol. The molecule has 64 valence electrons. The van der Waals surface area contributed by atoms with Crippen LogP contribution in [0.25, 0.3) is 0 Å². The van der Waals surface area contributed by atoms with Gasteiger partial charge in [0.15, 0.2) is 0 Å². The Balaban J connectivity index is 2.47. The number of anilines is 2. The average molecular weight is 227 g/mol. The molecule has 2 nitrogen and oxygen atoms in total. The fourth-order valence-electron chi connectivity index (χ4n) is 1.45. The van der Waals surface area contributed by atoms with Crippen LogP contribution < -0.4 is 10.2 Å². The van der Waals surface area contributed by atoms with Crippen LogP contribution in [0.4, 0.5) is 11.4 Å². The van der Waals surface area contributed by atoms with E-state index in [-0.39, 0.29) is 0 Å². The van der Waals surface area contributed by atoms with E-state index in [2.05, 4.69) is 51.4 Å². The lowest BCUT2D eigenvalue weighted by molar-refractivity contribution is 0.886. The molecule has 0 amide bonds. The van der Waals surface area contributed by atoms with E-state index in [1.807, 2.05) is 0 Å². The maximum Gasteiger partial charge on any atom is 0.0611 e. The number of hydrogen-bond acceptors (Lipinski definition) is 2. The molecule has 1 aliphatic heterocycles. The zero-order valence-electron chi connectivity index (χ0n) is 6.97. The number of hydrogen-bond donors (Lipinski definition) is 1. The second-order valence-electron chi connectivity index (χ2n) is 3.01. The Kier molecular flexibility index (Phi) is 1.97. The monoisotopic (exact) mass is 226 g/mol. The van der Waals surface area contributed by atoms with Gasteiger partial charge in [0.1, 0.15) is 0 Å². The third-order valence-corrected chi connectivity index (χ3v) is 2.63. The summed E-state index contributed by atoms with van der Waals surface area (Å²) in [5.41, 5.74) is 2.50. The highest BCUT2D eigenvalue weighted by atomic mass is 79.9. The summed E-state index contributed by atoms with van der Waals surface area (Å²) in [6.45, 7) is 2.11. The number of likely N-dealkylation sites (N-methyl/N-ethyl adjacent to an activating group) is 1. The van der Waals surface area contributed by atoms with E-state index >= 15 is 0 Å². The first-order chi connectivity index (χ1) is 5.77. The van der Waals surface area contributed by atoms with Crippen LogP contribution in [-0.2, 0) is 0 Å². The SMILES string of the molecule is CN1CCNc2ccc(Br)cc21. The molecule has 1 N–H and O–H groups in total. The summed E-state index contributed by atoms with van der Waals surface area (Å²) >= 11 is 3.46. The Labute approximate surface area is 80.7 Å². The summed E-state index contributed by atoms with van der Waals surface area (Å²) in [6.07, 6.45) is 0. The fraction of sp³-hybridized carbons (Fsp3) is 0.333. The minimum atomic E-state index is 1.03. The molecule has 12 heavy (non-hydrogen) atoms. The summed E-state index contributed by atoms with van der Waals surface area (Å²) in [7, 11) is 2.12. The third-order valence-electron chi connectivity index (χ3n) is 2.13. The summed E-state index contributed by atoms with van der Waals surface area (Å²) in [5.74, 6) is 0. The Morgan fingerprint density at radius 1 is 1.50 bits per heavy atom. The highest BCUT2D eigenvalue weighted by Gasteiger charge is 2.11.